The van der Waals surface area contributed by atoms with Crippen LogP contribution in [0.3, 0.4) is 0 Å². The van der Waals surface area contributed by atoms with Crippen LogP contribution in [0.15, 0.2) is 35.2 Å². The summed E-state index contributed by atoms with van der Waals surface area (Å²) in [5.41, 5.74) is 4.37. The summed E-state index contributed by atoms with van der Waals surface area (Å²) in [5.74, 6) is -0.934. The largest absolute Gasteiger partial charge is 0.480 e. The first-order valence-corrected chi connectivity index (χ1v) is 17.0. The average Bonchev–Trinajstić information content (AvgIpc) is 3.33. The Balaban J connectivity index is 1.53. The zero-order valence-electron chi connectivity index (χ0n) is 26.2. The van der Waals surface area contributed by atoms with Crippen LogP contribution in [-0.4, -0.2) is 84.9 Å². The number of carboxylic acid groups (broad SMARTS) is 1. The van der Waals surface area contributed by atoms with Crippen molar-refractivity contribution in [2.24, 2.45) is 17.1 Å². The van der Waals surface area contributed by atoms with Crippen molar-refractivity contribution in [1.82, 2.24) is 19.8 Å². The number of sulfonamides is 1. The Morgan fingerprint density at radius 2 is 1.65 bits per heavy atom. The standard InChI is InChI=1S/C31H51N5O6S/c1-30(2,3)26(22-35(4)43(41,42)24-16-10-8-11-17-24)34-29(40)33-25(27(37)36-19-13-14-20-36)18-12-7-5-6-9-15-23-21-31(23,32)28(38)39/h8,10-11,16-17,23,25-26H,5-7,9,12-15,18-22,32H2,1-4H3,(H,38,39)(H2,33,34,40)/t23?,25-,26?,31+/m0/s1. The molecule has 1 heterocycles. The van der Waals surface area contributed by atoms with Crippen LogP contribution < -0.4 is 16.4 Å². The molecule has 242 valence electrons. The zero-order chi connectivity index (χ0) is 31.8. The molecule has 11 nitrogen and oxygen atoms in total. The number of benzene rings is 1. The van der Waals surface area contributed by atoms with E-state index in [-0.39, 0.29) is 23.3 Å². The molecule has 2 fully saturated rings. The van der Waals surface area contributed by atoms with E-state index in [4.69, 9.17) is 5.73 Å². The molecule has 1 aromatic rings. The minimum atomic E-state index is -3.74. The van der Waals surface area contributed by atoms with Gasteiger partial charge in [-0.1, -0.05) is 71.1 Å². The number of amides is 3. The molecule has 2 aliphatic rings. The number of carboxylic acids is 1. The van der Waals surface area contributed by atoms with Crippen molar-refractivity contribution in [3.63, 3.8) is 0 Å². The molecule has 3 rings (SSSR count). The van der Waals surface area contributed by atoms with Gasteiger partial charge in [-0.15, -0.1) is 0 Å². The Labute approximate surface area is 257 Å². The average molecular weight is 622 g/mol. The second-order valence-electron chi connectivity index (χ2n) is 13.3. The van der Waals surface area contributed by atoms with Crippen LogP contribution in [0.1, 0.15) is 85.0 Å². The van der Waals surface area contributed by atoms with Gasteiger partial charge in [0.1, 0.15) is 11.6 Å². The summed E-state index contributed by atoms with van der Waals surface area (Å²) in [6.45, 7) is 7.25. The number of likely N-dealkylation sites (N-methyl/N-ethyl adjacent to an activating group) is 1. The number of carbonyl (C=O) groups is 3. The second-order valence-corrected chi connectivity index (χ2v) is 15.4. The highest BCUT2D eigenvalue weighted by molar-refractivity contribution is 7.89. The van der Waals surface area contributed by atoms with Crippen molar-refractivity contribution >= 4 is 27.9 Å². The van der Waals surface area contributed by atoms with Gasteiger partial charge < -0.3 is 26.4 Å². The summed E-state index contributed by atoms with van der Waals surface area (Å²) in [5, 5.41) is 15.0. The molecule has 5 N–H and O–H groups in total. The molecule has 43 heavy (non-hydrogen) atoms. The van der Waals surface area contributed by atoms with Crippen LogP contribution in [0.4, 0.5) is 4.79 Å². The number of urea groups is 1. The smallest absolute Gasteiger partial charge is 0.323 e. The van der Waals surface area contributed by atoms with E-state index in [0.717, 1.165) is 51.4 Å². The molecule has 0 bridgehead atoms. The predicted octanol–water partition coefficient (Wildman–Crippen LogP) is 3.54. The van der Waals surface area contributed by atoms with Crippen molar-refractivity contribution in [3.8, 4) is 0 Å². The van der Waals surface area contributed by atoms with E-state index in [9.17, 15) is 27.9 Å². The first-order valence-electron chi connectivity index (χ1n) is 15.6. The van der Waals surface area contributed by atoms with Crippen LogP contribution in [0.2, 0.25) is 0 Å². The molecule has 1 saturated carbocycles. The second kappa shape index (κ2) is 14.9. The Morgan fingerprint density at radius 3 is 2.23 bits per heavy atom. The van der Waals surface area contributed by atoms with E-state index in [0.29, 0.717) is 25.9 Å². The maximum atomic E-state index is 13.3. The zero-order valence-corrected chi connectivity index (χ0v) is 27.0. The van der Waals surface area contributed by atoms with Gasteiger partial charge in [-0.2, -0.15) is 4.31 Å². The summed E-state index contributed by atoms with van der Waals surface area (Å²) in [7, 11) is -2.24. The number of nitrogens with zero attached hydrogens (tertiary/aromatic N) is 2. The number of unbranched alkanes of at least 4 members (excludes halogenated alkanes) is 4. The summed E-state index contributed by atoms with van der Waals surface area (Å²) < 4.78 is 27.5. The van der Waals surface area contributed by atoms with E-state index in [2.05, 4.69) is 10.6 Å². The van der Waals surface area contributed by atoms with Gasteiger partial charge in [0.25, 0.3) is 0 Å². The molecule has 3 amide bonds. The third-order valence-electron chi connectivity index (χ3n) is 8.86. The highest BCUT2D eigenvalue weighted by atomic mass is 32.2. The monoisotopic (exact) mass is 621 g/mol. The molecule has 12 heteroatoms. The number of rotatable bonds is 16. The molecular weight excluding hydrogens is 570 g/mol. The lowest BCUT2D eigenvalue weighted by Crippen LogP contribution is -2.57. The quantitative estimate of drug-likeness (QED) is 0.205. The van der Waals surface area contributed by atoms with Crippen molar-refractivity contribution in [2.75, 3.05) is 26.7 Å². The summed E-state index contributed by atoms with van der Waals surface area (Å²) in [6, 6.07) is 6.52. The van der Waals surface area contributed by atoms with Crippen LogP contribution in [0.25, 0.3) is 0 Å². The van der Waals surface area contributed by atoms with Gasteiger partial charge in [0, 0.05) is 32.7 Å². The van der Waals surface area contributed by atoms with E-state index in [1.165, 1.54) is 11.4 Å². The number of nitrogens with two attached hydrogens (primary N) is 1. The lowest BCUT2D eigenvalue weighted by atomic mass is 9.87. The molecule has 1 aliphatic carbocycles. The SMILES string of the molecule is CN(CC(NC(=O)N[C@@H](CCCCCCCC1C[C@]1(N)C(=O)O)C(=O)N1CCCC1)C(C)(C)C)S(=O)(=O)c1ccccc1. The topological polar surface area (TPSA) is 162 Å². The van der Waals surface area contributed by atoms with Crippen molar-refractivity contribution < 1.29 is 27.9 Å². The fourth-order valence-corrected chi connectivity index (χ4v) is 6.88. The third-order valence-corrected chi connectivity index (χ3v) is 10.7. The first kappa shape index (κ1) is 34.8. The van der Waals surface area contributed by atoms with Crippen molar-refractivity contribution in [3.05, 3.63) is 30.3 Å². The predicted molar refractivity (Wildman–Crippen MR) is 166 cm³/mol. The maximum absolute atomic E-state index is 13.3. The van der Waals surface area contributed by atoms with Crippen LogP contribution >= 0.6 is 0 Å². The van der Waals surface area contributed by atoms with Crippen molar-refractivity contribution in [2.45, 2.75) is 107 Å². The van der Waals surface area contributed by atoms with Gasteiger partial charge in [0.05, 0.1) is 4.90 Å². The number of hydrogen-bond acceptors (Lipinski definition) is 6. The summed E-state index contributed by atoms with van der Waals surface area (Å²) >= 11 is 0. The van der Waals surface area contributed by atoms with Crippen molar-refractivity contribution in [1.29, 1.82) is 0 Å². The normalized spacial score (nSPS) is 21.8. The molecule has 1 saturated heterocycles. The van der Waals surface area contributed by atoms with Gasteiger partial charge in [0.2, 0.25) is 15.9 Å². The van der Waals surface area contributed by atoms with E-state index in [1.54, 1.807) is 30.3 Å². The van der Waals surface area contributed by atoms with Crippen LogP contribution in [-0.2, 0) is 19.6 Å². The Hall–Kier alpha value is -2.70. The number of nitrogens with one attached hydrogen (secondary N) is 2. The molecule has 0 spiro atoms. The maximum Gasteiger partial charge on any atom is 0.323 e. The van der Waals surface area contributed by atoms with Gasteiger partial charge >= 0.3 is 12.0 Å². The lowest BCUT2D eigenvalue weighted by molar-refractivity contribution is -0.140. The van der Waals surface area contributed by atoms with Gasteiger partial charge in [0.15, 0.2) is 0 Å². The number of likely N-dealkylation sites (tertiary alicyclic amines) is 1. The summed E-state index contributed by atoms with van der Waals surface area (Å²) in [4.78, 5) is 39.8. The third kappa shape index (κ3) is 9.64. The Morgan fingerprint density at radius 1 is 1.05 bits per heavy atom. The highest BCUT2D eigenvalue weighted by Gasteiger charge is 2.56. The minimum Gasteiger partial charge on any atom is -0.480 e. The molecule has 0 radical (unpaired) electrons. The lowest BCUT2D eigenvalue weighted by Gasteiger charge is -2.35. The van der Waals surface area contributed by atoms with E-state index in [1.807, 2.05) is 25.7 Å². The fourth-order valence-electron chi connectivity index (χ4n) is 5.68. The number of hydrogen-bond donors (Lipinski definition) is 4. The van der Waals surface area contributed by atoms with Crippen LogP contribution in [0, 0.1) is 11.3 Å². The highest BCUT2D eigenvalue weighted by Crippen LogP contribution is 2.44. The molecule has 1 aliphatic heterocycles. The van der Waals surface area contributed by atoms with E-state index < -0.39 is 45.1 Å². The fraction of sp³-hybridized carbons (Fsp3) is 0.710. The molecule has 1 aromatic carbocycles. The number of carbonyl (C=O) groups excluding carboxylic acids is 2. The molecular formula is C31H51N5O6S. The van der Waals surface area contributed by atoms with Gasteiger partial charge in [-0.25, -0.2) is 13.2 Å². The Kier molecular flexibility index (Phi) is 12.0. The first-order chi connectivity index (χ1) is 20.2. The number of aliphatic carboxylic acids is 1. The van der Waals surface area contributed by atoms with E-state index >= 15 is 0 Å². The molecule has 2 unspecified atom stereocenters. The molecule has 0 aromatic heterocycles. The minimum absolute atomic E-state index is 0.0605. The van der Waals surface area contributed by atoms with Crippen LogP contribution in [0.5, 0.6) is 0 Å². The van der Waals surface area contributed by atoms with Gasteiger partial charge in [-0.05, 0) is 55.6 Å². The summed E-state index contributed by atoms with van der Waals surface area (Å²) in [6.07, 6.45) is 8.30. The Bertz CT molecular complexity index is 1200. The van der Waals surface area contributed by atoms with Gasteiger partial charge in [-0.3, -0.25) is 9.59 Å². The molecule has 4 atom stereocenters.